The third-order valence-electron chi connectivity index (χ3n) is 5.77. The molecule has 9 heteroatoms. The Hall–Kier alpha value is -4.01. The lowest BCUT2D eigenvalue weighted by Crippen LogP contribution is -2.18. The van der Waals surface area contributed by atoms with Crippen LogP contribution < -0.4 is 14.8 Å². The lowest BCUT2D eigenvalue weighted by Gasteiger charge is -2.15. The monoisotopic (exact) mass is 466 g/mol. The molecule has 0 unspecified atom stereocenters. The summed E-state index contributed by atoms with van der Waals surface area (Å²) in [4.78, 5) is 38.3. The van der Waals surface area contributed by atoms with Crippen LogP contribution in [-0.2, 0) is 4.74 Å². The Bertz CT molecular complexity index is 1240. The van der Waals surface area contributed by atoms with Gasteiger partial charge in [-0.05, 0) is 44.9 Å². The first-order valence-electron chi connectivity index (χ1n) is 10.8. The normalized spacial score (nSPS) is 12.8. The van der Waals surface area contributed by atoms with Crippen LogP contribution in [0.5, 0.6) is 11.5 Å². The van der Waals surface area contributed by atoms with Gasteiger partial charge in [0.25, 0.3) is 5.91 Å². The van der Waals surface area contributed by atoms with Crippen molar-refractivity contribution in [3.63, 3.8) is 0 Å². The number of aryl methyl sites for hydroxylation is 1. The predicted molar refractivity (Wildman–Crippen MR) is 123 cm³/mol. The van der Waals surface area contributed by atoms with E-state index in [-0.39, 0.29) is 28.5 Å². The fraction of sp³-hybridized carbons (Fsp3) is 0.320. The van der Waals surface area contributed by atoms with Gasteiger partial charge in [0, 0.05) is 35.1 Å². The van der Waals surface area contributed by atoms with E-state index in [9.17, 15) is 14.4 Å². The molecule has 34 heavy (non-hydrogen) atoms. The number of aromatic nitrogens is 1. The van der Waals surface area contributed by atoms with Crippen molar-refractivity contribution < 1.29 is 33.0 Å². The van der Waals surface area contributed by atoms with Gasteiger partial charge >= 0.3 is 5.97 Å². The number of ketones is 1. The minimum absolute atomic E-state index is 0.00816. The number of furan rings is 1. The van der Waals surface area contributed by atoms with Crippen LogP contribution in [0.3, 0.4) is 0 Å². The van der Waals surface area contributed by atoms with Crippen molar-refractivity contribution >= 4 is 23.3 Å². The summed E-state index contributed by atoms with van der Waals surface area (Å²) < 4.78 is 23.2. The molecule has 0 radical (unpaired) electrons. The molecule has 9 nitrogen and oxygen atoms in total. The molecule has 1 aliphatic rings. The minimum Gasteiger partial charge on any atom is -0.493 e. The van der Waals surface area contributed by atoms with Crippen molar-refractivity contribution in [1.29, 1.82) is 0 Å². The second kappa shape index (κ2) is 9.46. The Morgan fingerprint density at radius 1 is 1.06 bits per heavy atom. The minimum atomic E-state index is -0.792. The van der Waals surface area contributed by atoms with E-state index in [0.29, 0.717) is 17.4 Å². The molecule has 178 valence electrons. The smallest absolute Gasteiger partial charge is 0.340 e. The van der Waals surface area contributed by atoms with E-state index in [1.807, 2.05) is 19.9 Å². The van der Waals surface area contributed by atoms with Crippen molar-refractivity contribution in [3.8, 4) is 11.5 Å². The molecule has 1 N–H and O–H groups in total. The number of hydrogen-bond acceptors (Lipinski definition) is 7. The SMILES string of the molecule is COc1cc(NC(=O)c2ccco2)c(C(=O)OCC(=O)c2cc(C)n(C3CC3)c2C)cc1OC. The second-order valence-corrected chi connectivity index (χ2v) is 8.07. The van der Waals surface area contributed by atoms with E-state index in [1.54, 1.807) is 6.07 Å². The van der Waals surface area contributed by atoms with E-state index in [2.05, 4.69) is 9.88 Å². The zero-order valence-corrected chi connectivity index (χ0v) is 19.5. The molecule has 0 atom stereocenters. The van der Waals surface area contributed by atoms with Crippen LogP contribution in [0, 0.1) is 13.8 Å². The van der Waals surface area contributed by atoms with Gasteiger partial charge in [-0.25, -0.2) is 4.79 Å². The Morgan fingerprint density at radius 2 is 1.76 bits per heavy atom. The first-order chi connectivity index (χ1) is 16.3. The lowest BCUT2D eigenvalue weighted by atomic mass is 10.1. The Kier molecular flexibility index (Phi) is 6.45. The lowest BCUT2D eigenvalue weighted by molar-refractivity contribution is 0.0475. The van der Waals surface area contributed by atoms with E-state index >= 15 is 0 Å². The van der Waals surface area contributed by atoms with Crippen molar-refractivity contribution in [2.45, 2.75) is 32.7 Å². The van der Waals surface area contributed by atoms with E-state index in [0.717, 1.165) is 24.2 Å². The number of carbonyl (C=O) groups is 3. The zero-order chi connectivity index (χ0) is 24.4. The van der Waals surface area contributed by atoms with Crippen LogP contribution in [0.1, 0.15) is 61.5 Å². The van der Waals surface area contributed by atoms with Gasteiger partial charge in [0.2, 0.25) is 5.78 Å². The molecule has 2 aromatic heterocycles. The molecular formula is C25H26N2O7. The van der Waals surface area contributed by atoms with Gasteiger partial charge in [0.15, 0.2) is 23.9 Å². The summed E-state index contributed by atoms with van der Waals surface area (Å²) in [6.45, 7) is 3.43. The third-order valence-corrected chi connectivity index (χ3v) is 5.77. The van der Waals surface area contributed by atoms with Crippen LogP contribution in [0.15, 0.2) is 41.0 Å². The molecule has 1 amide bonds. The molecule has 0 aliphatic heterocycles. The number of hydrogen-bond donors (Lipinski definition) is 1. The van der Waals surface area contributed by atoms with Crippen LogP contribution in [-0.4, -0.2) is 43.1 Å². The maximum absolute atomic E-state index is 13.0. The molecule has 4 rings (SSSR count). The van der Waals surface area contributed by atoms with Gasteiger partial charge in [-0.15, -0.1) is 0 Å². The van der Waals surface area contributed by atoms with Crippen LogP contribution >= 0.6 is 0 Å². The Labute approximate surface area is 196 Å². The number of nitrogens with zero attached hydrogens (tertiary/aromatic N) is 1. The van der Waals surface area contributed by atoms with Crippen LogP contribution in [0.25, 0.3) is 0 Å². The molecule has 2 heterocycles. The number of benzene rings is 1. The molecule has 3 aromatic rings. The maximum atomic E-state index is 13.0. The number of rotatable bonds is 9. The summed E-state index contributed by atoms with van der Waals surface area (Å²) >= 11 is 0. The fourth-order valence-corrected chi connectivity index (χ4v) is 3.98. The summed E-state index contributed by atoms with van der Waals surface area (Å²) in [5.41, 5.74) is 2.56. The molecule has 1 aliphatic carbocycles. The van der Waals surface area contributed by atoms with E-state index in [4.69, 9.17) is 18.6 Å². The number of carbonyl (C=O) groups excluding carboxylic acids is 3. The molecule has 1 fully saturated rings. The number of amides is 1. The van der Waals surface area contributed by atoms with Crippen molar-refractivity contribution in [2.75, 3.05) is 26.1 Å². The van der Waals surface area contributed by atoms with Crippen molar-refractivity contribution in [3.05, 3.63) is 64.9 Å². The highest BCUT2D eigenvalue weighted by Crippen LogP contribution is 2.38. The third kappa shape index (κ3) is 4.54. The van der Waals surface area contributed by atoms with Gasteiger partial charge in [-0.3, -0.25) is 9.59 Å². The molecule has 1 saturated carbocycles. The molecule has 0 saturated heterocycles. The largest absolute Gasteiger partial charge is 0.493 e. The maximum Gasteiger partial charge on any atom is 0.340 e. The number of esters is 1. The summed E-state index contributed by atoms with van der Waals surface area (Å²) in [7, 11) is 2.86. The number of nitrogens with one attached hydrogen (secondary N) is 1. The molecule has 0 bridgehead atoms. The highest BCUT2D eigenvalue weighted by atomic mass is 16.5. The number of ether oxygens (including phenoxy) is 3. The quantitative estimate of drug-likeness (QED) is 0.369. The highest BCUT2D eigenvalue weighted by molar-refractivity contribution is 6.08. The van der Waals surface area contributed by atoms with Crippen LogP contribution in [0.4, 0.5) is 5.69 Å². The molecule has 1 aromatic carbocycles. The Balaban J connectivity index is 1.55. The highest BCUT2D eigenvalue weighted by Gasteiger charge is 2.29. The summed E-state index contributed by atoms with van der Waals surface area (Å²) in [5.74, 6) is -1.01. The van der Waals surface area contributed by atoms with Crippen molar-refractivity contribution in [2.24, 2.45) is 0 Å². The van der Waals surface area contributed by atoms with E-state index in [1.165, 1.54) is 38.7 Å². The average Bonchev–Trinajstić information content (AvgIpc) is 3.39. The van der Waals surface area contributed by atoms with E-state index < -0.39 is 18.5 Å². The number of Topliss-reactive ketones (excluding diaryl/α,β-unsaturated/α-hetero) is 1. The van der Waals surface area contributed by atoms with Gasteiger partial charge in [-0.1, -0.05) is 0 Å². The topological polar surface area (TPSA) is 109 Å². The van der Waals surface area contributed by atoms with Gasteiger partial charge < -0.3 is 28.5 Å². The number of methoxy groups -OCH3 is 2. The van der Waals surface area contributed by atoms with Gasteiger partial charge in [0.1, 0.15) is 0 Å². The fourth-order valence-electron chi connectivity index (χ4n) is 3.98. The second-order valence-electron chi connectivity index (χ2n) is 8.07. The zero-order valence-electron chi connectivity index (χ0n) is 19.5. The summed E-state index contributed by atoms with van der Waals surface area (Å²) in [5, 5.41) is 2.62. The number of anilines is 1. The molecular weight excluding hydrogens is 440 g/mol. The molecule has 0 spiro atoms. The van der Waals surface area contributed by atoms with Gasteiger partial charge in [0.05, 0.1) is 31.7 Å². The predicted octanol–water partition coefficient (Wildman–Crippen LogP) is 4.34. The average molecular weight is 466 g/mol. The van der Waals surface area contributed by atoms with Gasteiger partial charge in [-0.2, -0.15) is 0 Å². The Morgan fingerprint density at radius 3 is 2.38 bits per heavy atom. The van der Waals surface area contributed by atoms with Crippen molar-refractivity contribution in [1.82, 2.24) is 4.57 Å². The summed E-state index contributed by atoms with van der Waals surface area (Å²) in [6, 6.07) is 8.17. The first kappa shape index (κ1) is 23.2. The first-order valence-corrected chi connectivity index (χ1v) is 10.8. The van der Waals surface area contributed by atoms with Crippen LogP contribution in [0.2, 0.25) is 0 Å². The summed E-state index contributed by atoms with van der Waals surface area (Å²) in [6.07, 6.45) is 3.57. The standard InChI is InChI=1S/C25H26N2O7/c1-14-10-17(15(2)27(14)16-7-8-16)20(28)13-34-25(30)18-11-22(31-3)23(32-4)12-19(18)26-24(29)21-6-5-9-33-21/h5-6,9-12,16H,7-8,13H2,1-4H3,(H,26,29).